The van der Waals surface area contributed by atoms with Crippen molar-refractivity contribution in [1.29, 1.82) is 0 Å². The molecular weight excluding hydrogens is 189 g/mol. The van der Waals surface area contributed by atoms with Crippen LogP contribution in [0.4, 0.5) is 13.2 Å². The monoisotopic (exact) mass is 196 g/mol. The summed E-state index contributed by atoms with van der Waals surface area (Å²) in [5.41, 5.74) is -4.18. The number of thioether (sulfide) groups is 1. The van der Waals surface area contributed by atoms with Gasteiger partial charge >= 0.3 is 5.51 Å². The molecule has 0 unspecified atom stereocenters. The third-order valence-electron chi connectivity index (χ3n) is 0.977. The molecule has 0 aliphatic rings. The Morgan fingerprint density at radius 3 is 1.92 bits per heavy atom. The highest BCUT2D eigenvalue weighted by Gasteiger charge is 2.28. The molecule has 1 aromatic carbocycles. The number of benzene rings is 1. The van der Waals surface area contributed by atoms with E-state index in [1.54, 1.807) is 18.2 Å². The van der Waals surface area contributed by atoms with Gasteiger partial charge in [-0.1, -0.05) is 18.2 Å². The molecule has 0 amide bonds. The van der Waals surface area contributed by atoms with Crippen molar-refractivity contribution in [3.8, 4) is 0 Å². The molecule has 68 valence electrons. The molecule has 0 fully saturated rings. The molecule has 12 heavy (non-hydrogen) atoms. The Labute approximate surface area is 71.9 Å². The van der Waals surface area contributed by atoms with Crippen molar-refractivity contribution in [3.05, 3.63) is 30.3 Å². The summed E-state index contributed by atoms with van der Waals surface area (Å²) >= 11 is -0.0993. The Morgan fingerprint density at radius 2 is 1.50 bits per heavy atom. The Balaban J connectivity index is 0.00000121. The first kappa shape index (κ1) is 11.3. The van der Waals surface area contributed by atoms with Crippen LogP contribution in [-0.2, 0) is 0 Å². The second kappa shape index (κ2) is 4.37. The van der Waals surface area contributed by atoms with Crippen LogP contribution in [0, 0.1) is 0 Å². The van der Waals surface area contributed by atoms with Crippen LogP contribution in [0.15, 0.2) is 35.2 Å². The van der Waals surface area contributed by atoms with E-state index < -0.39 is 5.51 Å². The predicted molar refractivity (Wildman–Crippen MR) is 42.0 cm³/mol. The number of halogens is 3. The molecule has 1 aromatic rings. The zero-order valence-corrected chi connectivity index (χ0v) is 6.75. The second-order valence-corrected chi connectivity index (χ2v) is 3.00. The number of alkyl halides is 3. The lowest BCUT2D eigenvalue weighted by molar-refractivity contribution is -0.0328. The van der Waals surface area contributed by atoms with Crippen LogP contribution in [0.2, 0.25) is 0 Å². The summed E-state index contributed by atoms with van der Waals surface area (Å²) in [5.74, 6) is 0. The average molecular weight is 196 g/mol. The highest BCUT2D eigenvalue weighted by atomic mass is 32.2. The van der Waals surface area contributed by atoms with Crippen molar-refractivity contribution in [2.24, 2.45) is 0 Å². The minimum Gasteiger partial charge on any atom is -0.412 e. The van der Waals surface area contributed by atoms with E-state index in [1.807, 2.05) is 0 Å². The van der Waals surface area contributed by atoms with Crippen molar-refractivity contribution in [2.45, 2.75) is 10.4 Å². The van der Waals surface area contributed by atoms with Gasteiger partial charge in [0.15, 0.2) is 0 Å². The van der Waals surface area contributed by atoms with Gasteiger partial charge in [-0.25, -0.2) is 0 Å². The minimum atomic E-state index is -4.18. The van der Waals surface area contributed by atoms with E-state index in [0.717, 1.165) is 0 Å². The van der Waals surface area contributed by atoms with Crippen LogP contribution in [0.25, 0.3) is 0 Å². The van der Waals surface area contributed by atoms with E-state index in [9.17, 15) is 13.2 Å². The third kappa shape index (κ3) is 4.25. The van der Waals surface area contributed by atoms with Crippen molar-refractivity contribution in [1.82, 2.24) is 0 Å². The summed E-state index contributed by atoms with van der Waals surface area (Å²) in [5, 5.41) is 0. The molecule has 0 aliphatic heterocycles. The van der Waals surface area contributed by atoms with Crippen LogP contribution in [0.5, 0.6) is 0 Å². The van der Waals surface area contributed by atoms with Crippen LogP contribution in [-0.4, -0.2) is 11.0 Å². The van der Waals surface area contributed by atoms with E-state index >= 15 is 0 Å². The first-order valence-electron chi connectivity index (χ1n) is 2.89. The van der Waals surface area contributed by atoms with E-state index in [4.69, 9.17) is 0 Å². The molecule has 0 aliphatic carbocycles. The topological polar surface area (TPSA) is 31.5 Å². The standard InChI is InChI=1S/C7H5F3S.H2O/c8-7(9,10)11-6-4-2-1-3-5-6;/h1-5H;1H2. The Hall–Kier alpha value is -0.680. The molecule has 0 saturated carbocycles. The summed E-state index contributed by atoms with van der Waals surface area (Å²) in [4.78, 5) is 0.222. The van der Waals surface area contributed by atoms with Gasteiger partial charge in [-0.15, -0.1) is 0 Å². The first-order chi connectivity index (χ1) is 5.08. The van der Waals surface area contributed by atoms with Crippen molar-refractivity contribution >= 4 is 11.8 Å². The minimum absolute atomic E-state index is 0. The van der Waals surface area contributed by atoms with Crippen molar-refractivity contribution in [3.63, 3.8) is 0 Å². The Morgan fingerprint density at radius 1 is 1.00 bits per heavy atom. The highest BCUT2D eigenvalue weighted by molar-refractivity contribution is 8.00. The van der Waals surface area contributed by atoms with Gasteiger partial charge in [0.05, 0.1) is 0 Å². The van der Waals surface area contributed by atoms with E-state index in [1.165, 1.54) is 12.1 Å². The average Bonchev–Trinajstić information content (AvgIpc) is 1.85. The van der Waals surface area contributed by atoms with Crippen molar-refractivity contribution in [2.75, 3.05) is 0 Å². The lowest BCUT2D eigenvalue weighted by Crippen LogP contribution is -1.98. The van der Waals surface area contributed by atoms with Gasteiger partial charge in [0.2, 0.25) is 0 Å². The third-order valence-corrected chi connectivity index (χ3v) is 1.72. The molecule has 0 heterocycles. The van der Waals surface area contributed by atoms with Gasteiger partial charge in [-0.3, -0.25) is 0 Å². The summed E-state index contributed by atoms with van der Waals surface area (Å²) in [7, 11) is 0. The Bertz CT molecular complexity index is 222. The number of hydrogen-bond acceptors (Lipinski definition) is 1. The van der Waals surface area contributed by atoms with Gasteiger partial charge in [0, 0.05) is 4.90 Å². The van der Waals surface area contributed by atoms with E-state index in [-0.39, 0.29) is 22.1 Å². The molecule has 0 spiro atoms. The maximum atomic E-state index is 11.7. The molecule has 0 atom stereocenters. The number of rotatable bonds is 1. The Kier molecular flexibility index (Phi) is 4.12. The molecule has 0 radical (unpaired) electrons. The highest BCUT2D eigenvalue weighted by Crippen LogP contribution is 2.36. The lowest BCUT2D eigenvalue weighted by atomic mass is 10.4. The van der Waals surface area contributed by atoms with Crippen LogP contribution in [0.3, 0.4) is 0 Å². The fourth-order valence-corrected chi connectivity index (χ4v) is 1.18. The maximum absolute atomic E-state index is 11.7. The van der Waals surface area contributed by atoms with Gasteiger partial charge in [0.25, 0.3) is 0 Å². The summed E-state index contributed by atoms with van der Waals surface area (Å²) < 4.78 is 35.1. The molecule has 1 rings (SSSR count). The van der Waals surface area contributed by atoms with E-state index in [2.05, 4.69) is 0 Å². The molecule has 1 nitrogen and oxygen atoms in total. The van der Waals surface area contributed by atoms with Gasteiger partial charge < -0.3 is 5.48 Å². The zero-order chi connectivity index (χ0) is 8.32. The fourth-order valence-electron chi connectivity index (χ4n) is 0.622. The molecule has 0 bridgehead atoms. The summed E-state index contributed by atoms with van der Waals surface area (Å²) in [6, 6.07) is 7.69. The van der Waals surface area contributed by atoms with E-state index in [0.29, 0.717) is 0 Å². The molecular formula is C7H7F3OS. The quantitative estimate of drug-likeness (QED) is 0.635. The summed E-state index contributed by atoms with van der Waals surface area (Å²) in [6.07, 6.45) is 0. The predicted octanol–water partition coefficient (Wildman–Crippen LogP) is 2.47. The largest absolute Gasteiger partial charge is 0.446 e. The molecule has 5 heteroatoms. The first-order valence-corrected chi connectivity index (χ1v) is 3.70. The number of hydrogen-bond donors (Lipinski definition) is 0. The van der Waals surface area contributed by atoms with Gasteiger partial charge in [-0.2, -0.15) is 13.2 Å². The smallest absolute Gasteiger partial charge is 0.412 e. The SMILES string of the molecule is FC(F)(F)Sc1ccccc1.O. The maximum Gasteiger partial charge on any atom is 0.446 e. The van der Waals surface area contributed by atoms with Crippen LogP contribution < -0.4 is 0 Å². The lowest BCUT2D eigenvalue weighted by Gasteiger charge is -2.03. The van der Waals surface area contributed by atoms with Gasteiger partial charge in [-0.05, 0) is 23.9 Å². The molecule has 0 saturated heterocycles. The fraction of sp³-hybridized carbons (Fsp3) is 0.143. The van der Waals surface area contributed by atoms with Crippen LogP contribution in [0.1, 0.15) is 0 Å². The van der Waals surface area contributed by atoms with Gasteiger partial charge in [0.1, 0.15) is 0 Å². The van der Waals surface area contributed by atoms with Crippen LogP contribution >= 0.6 is 11.8 Å². The molecule has 0 aromatic heterocycles. The zero-order valence-electron chi connectivity index (χ0n) is 5.93. The second-order valence-electron chi connectivity index (χ2n) is 1.86. The summed E-state index contributed by atoms with van der Waals surface area (Å²) in [6.45, 7) is 0. The molecule has 2 N–H and O–H groups in total. The van der Waals surface area contributed by atoms with Crippen molar-refractivity contribution < 1.29 is 18.6 Å². The normalized spacial score (nSPS) is 10.6.